The molecule has 0 aliphatic heterocycles. The first-order valence-electron chi connectivity index (χ1n) is 4.93. The Kier molecular flexibility index (Phi) is 4.86. The lowest BCUT2D eigenvalue weighted by molar-refractivity contribution is -0.139. The lowest BCUT2D eigenvalue weighted by atomic mass is 10.3. The van der Waals surface area contributed by atoms with E-state index in [1.54, 1.807) is 4.72 Å². The molecular weight excluding hydrogens is 348 g/mol. The molecule has 1 rings (SSSR count). The van der Waals surface area contributed by atoms with Crippen molar-refractivity contribution in [3.8, 4) is 0 Å². The van der Waals surface area contributed by atoms with E-state index >= 15 is 0 Å². The minimum atomic E-state index is -4.30. The maximum Gasteiger partial charge on any atom is 0.325 e. The van der Waals surface area contributed by atoms with Gasteiger partial charge in [-0.05, 0) is 19.1 Å². The van der Waals surface area contributed by atoms with E-state index in [2.05, 4.69) is 20.7 Å². The molecule has 1 unspecified atom stereocenters. The van der Waals surface area contributed by atoms with Crippen LogP contribution in [0.5, 0.6) is 0 Å². The number of sulfonamides is 1. The van der Waals surface area contributed by atoms with Crippen LogP contribution in [-0.4, -0.2) is 26.7 Å². The van der Waals surface area contributed by atoms with Gasteiger partial charge in [-0.3, -0.25) is 9.52 Å². The summed E-state index contributed by atoms with van der Waals surface area (Å²) in [5, 5.41) is -1.60. The summed E-state index contributed by atoms with van der Waals surface area (Å²) >= 11 is 2.86. The van der Waals surface area contributed by atoms with Crippen molar-refractivity contribution in [1.82, 2.24) is 0 Å². The lowest BCUT2D eigenvalue weighted by Gasteiger charge is -2.14. The molecule has 0 bridgehead atoms. The van der Waals surface area contributed by atoms with E-state index in [1.165, 1.54) is 0 Å². The van der Waals surface area contributed by atoms with E-state index in [4.69, 9.17) is 0 Å². The smallest absolute Gasteiger partial charge is 0.325 e. The average Bonchev–Trinajstić information content (AvgIpc) is 2.31. The second-order valence-electron chi connectivity index (χ2n) is 3.56. The molecule has 1 aromatic carbocycles. The van der Waals surface area contributed by atoms with Crippen LogP contribution in [0.1, 0.15) is 6.92 Å². The number of benzene rings is 1. The molecule has 19 heavy (non-hydrogen) atoms. The van der Waals surface area contributed by atoms with Crippen LogP contribution in [0.3, 0.4) is 0 Å². The normalized spacial score (nSPS) is 12.9. The van der Waals surface area contributed by atoms with Gasteiger partial charge in [0.2, 0.25) is 10.0 Å². The van der Waals surface area contributed by atoms with Gasteiger partial charge in [-0.15, -0.1) is 0 Å². The summed E-state index contributed by atoms with van der Waals surface area (Å²) < 4.78 is 56.5. The van der Waals surface area contributed by atoms with E-state index in [0.29, 0.717) is 0 Å². The van der Waals surface area contributed by atoms with Crippen LogP contribution in [0.15, 0.2) is 16.6 Å². The van der Waals surface area contributed by atoms with Crippen molar-refractivity contribution >= 4 is 37.6 Å². The molecular formula is C10H10BrF2NO4S. The highest BCUT2D eigenvalue weighted by molar-refractivity contribution is 9.10. The number of carbonyl (C=O) groups excluding carboxylic acids is 1. The van der Waals surface area contributed by atoms with Gasteiger partial charge in [-0.25, -0.2) is 17.2 Å². The highest BCUT2D eigenvalue weighted by Gasteiger charge is 2.30. The van der Waals surface area contributed by atoms with Gasteiger partial charge in [-0.2, -0.15) is 0 Å². The van der Waals surface area contributed by atoms with Crippen molar-refractivity contribution in [3.63, 3.8) is 0 Å². The quantitative estimate of drug-likeness (QED) is 0.836. The Morgan fingerprint density at radius 1 is 1.37 bits per heavy atom. The van der Waals surface area contributed by atoms with Gasteiger partial charge >= 0.3 is 5.97 Å². The van der Waals surface area contributed by atoms with Gasteiger partial charge in [0.15, 0.2) is 16.9 Å². The molecule has 0 radical (unpaired) electrons. The van der Waals surface area contributed by atoms with Gasteiger partial charge in [0.05, 0.1) is 7.11 Å². The molecule has 1 aromatic rings. The molecule has 0 spiro atoms. The number of ether oxygens (including phenoxy) is 1. The van der Waals surface area contributed by atoms with E-state index in [-0.39, 0.29) is 4.47 Å². The van der Waals surface area contributed by atoms with Gasteiger partial charge in [0.25, 0.3) is 0 Å². The molecule has 0 aromatic heterocycles. The monoisotopic (exact) mass is 357 g/mol. The number of methoxy groups -OCH3 is 1. The maximum absolute atomic E-state index is 13.5. The molecule has 5 nitrogen and oxygen atoms in total. The van der Waals surface area contributed by atoms with Crippen LogP contribution < -0.4 is 4.72 Å². The van der Waals surface area contributed by atoms with E-state index in [0.717, 1.165) is 26.2 Å². The Morgan fingerprint density at radius 3 is 2.26 bits per heavy atom. The number of nitrogens with one attached hydrogen (secondary N) is 1. The van der Waals surface area contributed by atoms with Crippen LogP contribution in [0, 0.1) is 11.6 Å². The third-order valence-electron chi connectivity index (χ3n) is 2.25. The van der Waals surface area contributed by atoms with Crippen LogP contribution >= 0.6 is 15.9 Å². The Morgan fingerprint density at radius 2 is 1.84 bits per heavy atom. The number of esters is 1. The molecule has 106 valence electrons. The fourth-order valence-electron chi connectivity index (χ4n) is 1.16. The zero-order valence-electron chi connectivity index (χ0n) is 9.91. The summed E-state index contributed by atoms with van der Waals surface area (Å²) in [7, 11) is -3.29. The second kappa shape index (κ2) is 5.83. The Hall–Kier alpha value is -1.22. The summed E-state index contributed by atoms with van der Waals surface area (Å²) in [5.74, 6) is -3.24. The van der Waals surface area contributed by atoms with Crippen LogP contribution in [0.4, 0.5) is 14.5 Å². The predicted molar refractivity (Wildman–Crippen MR) is 68.1 cm³/mol. The van der Waals surface area contributed by atoms with Crippen LogP contribution in [0.25, 0.3) is 0 Å². The van der Waals surface area contributed by atoms with Crippen molar-refractivity contribution < 1.29 is 26.7 Å². The Labute approximate surface area is 117 Å². The first-order valence-corrected chi connectivity index (χ1v) is 7.27. The number of hydrogen-bond donors (Lipinski definition) is 1. The highest BCUT2D eigenvalue weighted by atomic mass is 79.9. The SMILES string of the molecule is COC(=O)C(C)S(=O)(=O)Nc1c(F)cc(Br)cc1F. The minimum absolute atomic E-state index is 0.117. The number of anilines is 1. The molecule has 0 fully saturated rings. The topological polar surface area (TPSA) is 72.5 Å². The fraction of sp³-hybridized carbons (Fsp3) is 0.300. The maximum atomic E-state index is 13.5. The lowest BCUT2D eigenvalue weighted by Crippen LogP contribution is -2.33. The Bertz CT molecular complexity index is 583. The standard InChI is InChI=1S/C10H10BrF2NO4S/c1-5(10(15)18-2)19(16,17)14-9-7(12)3-6(11)4-8(9)13/h3-5,14H,1-2H3. The number of halogens is 3. The third-order valence-corrected chi connectivity index (χ3v) is 4.32. The Balaban J connectivity index is 3.13. The molecule has 9 heteroatoms. The molecule has 1 N–H and O–H groups in total. The van der Waals surface area contributed by atoms with Crippen molar-refractivity contribution in [2.45, 2.75) is 12.2 Å². The minimum Gasteiger partial charge on any atom is -0.468 e. The van der Waals surface area contributed by atoms with Crippen LogP contribution in [0.2, 0.25) is 0 Å². The molecule has 1 atom stereocenters. The summed E-state index contributed by atoms with van der Waals surface area (Å²) in [5.41, 5.74) is -0.848. The van der Waals surface area contributed by atoms with Gasteiger partial charge in [0, 0.05) is 4.47 Å². The molecule has 0 saturated heterocycles. The van der Waals surface area contributed by atoms with Crippen molar-refractivity contribution in [2.75, 3.05) is 11.8 Å². The third kappa shape index (κ3) is 3.63. The second-order valence-corrected chi connectivity index (χ2v) is 6.47. The van der Waals surface area contributed by atoms with E-state index < -0.39 is 38.6 Å². The van der Waals surface area contributed by atoms with Gasteiger partial charge < -0.3 is 4.74 Å². The average molecular weight is 358 g/mol. The zero-order valence-corrected chi connectivity index (χ0v) is 12.3. The summed E-state index contributed by atoms with van der Waals surface area (Å²) in [6.45, 7) is 1.04. The summed E-state index contributed by atoms with van der Waals surface area (Å²) in [6, 6.07) is 1.79. The van der Waals surface area contributed by atoms with Crippen molar-refractivity contribution in [2.24, 2.45) is 0 Å². The zero-order chi connectivity index (χ0) is 14.8. The first-order chi connectivity index (χ1) is 8.69. The van der Waals surface area contributed by atoms with Crippen molar-refractivity contribution in [1.29, 1.82) is 0 Å². The van der Waals surface area contributed by atoms with Crippen LogP contribution in [-0.2, 0) is 19.6 Å². The predicted octanol–water partition coefficient (Wildman–Crippen LogP) is 2.03. The van der Waals surface area contributed by atoms with E-state index in [1.807, 2.05) is 0 Å². The molecule has 0 aliphatic carbocycles. The molecule has 0 aliphatic rings. The molecule has 0 saturated carbocycles. The molecule has 0 amide bonds. The fourth-order valence-corrected chi connectivity index (χ4v) is 2.57. The number of hydrogen-bond acceptors (Lipinski definition) is 4. The first kappa shape index (κ1) is 15.8. The number of rotatable bonds is 4. The van der Waals surface area contributed by atoms with E-state index in [9.17, 15) is 22.0 Å². The van der Waals surface area contributed by atoms with Gasteiger partial charge in [-0.1, -0.05) is 15.9 Å². The largest absolute Gasteiger partial charge is 0.468 e. The molecule has 0 heterocycles. The van der Waals surface area contributed by atoms with Gasteiger partial charge in [0.1, 0.15) is 5.69 Å². The van der Waals surface area contributed by atoms with Crippen molar-refractivity contribution in [3.05, 3.63) is 28.2 Å². The summed E-state index contributed by atoms with van der Waals surface area (Å²) in [6.07, 6.45) is 0. The summed E-state index contributed by atoms with van der Waals surface area (Å²) in [4.78, 5) is 11.1. The number of carbonyl (C=O) groups is 1. The highest BCUT2D eigenvalue weighted by Crippen LogP contribution is 2.25.